The van der Waals surface area contributed by atoms with Gasteiger partial charge in [-0.1, -0.05) is 23.9 Å². The molecular weight excluding hydrogens is 783 g/mol. The second kappa shape index (κ2) is 21.9. The van der Waals surface area contributed by atoms with E-state index in [1.807, 2.05) is 47.6 Å². The Balaban J connectivity index is 0.000000427. The third-order valence-corrected chi connectivity index (χ3v) is 9.04. The van der Waals surface area contributed by atoms with Crippen molar-refractivity contribution in [2.45, 2.75) is 148 Å². The SMILES string of the molecule is CC(=O)Sc1ccc2c(c1)CCC[C@H]2CCC(=O)OC(C)(C)C.CC(=O)[S-].CC(C)(C)OC(=O)CC[C@@H]1CCCc2cc(I)ccc21.[K+]. The Bertz CT molecular complexity index is 1380. The van der Waals surface area contributed by atoms with Gasteiger partial charge in [-0.25, -0.2) is 0 Å². The molecule has 0 radical (unpaired) electrons. The summed E-state index contributed by atoms with van der Waals surface area (Å²) in [5.41, 5.74) is 4.79. The van der Waals surface area contributed by atoms with Crippen LogP contribution in [0.25, 0.3) is 0 Å². The third kappa shape index (κ3) is 18.8. The van der Waals surface area contributed by atoms with Crippen molar-refractivity contribution in [1.29, 1.82) is 0 Å². The smallest absolute Gasteiger partial charge is 0.742 e. The molecule has 0 aliphatic heterocycles. The molecule has 2 atom stereocenters. The van der Waals surface area contributed by atoms with Crippen LogP contribution in [0.3, 0.4) is 0 Å². The number of thioether (sulfide) groups is 1. The van der Waals surface area contributed by atoms with E-state index in [9.17, 15) is 19.2 Å². The van der Waals surface area contributed by atoms with Crippen molar-refractivity contribution in [3.63, 3.8) is 0 Å². The Labute approximate surface area is 354 Å². The predicted octanol–water partition coefficient (Wildman–Crippen LogP) is 6.78. The minimum Gasteiger partial charge on any atom is -0.742 e. The second-order valence-electron chi connectivity index (χ2n) is 14.2. The molecule has 2 aliphatic carbocycles. The van der Waals surface area contributed by atoms with E-state index in [2.05, 4.69) is 65.6 Å². The number of halogens is 1. The monoisotopic (exact) mass is 834 g/mol. The molecule has 0 heterocycles. The summed E-state index contributed by atoms with van der Waals surface area (Å²) in [6.45, 7) is 14.4. The van der Waals surface area contributed by atoms with Crippen molar-refractivity contribution in [2.75, 3.05) is 0 Å². The number of fused-ring (bicyclic) bond motifs is 2. The number of carbonyl (C=O) groups excluding carboxylic acids is 4. The van der Waals surface area contributed by atoms with Crippen LogP contribution >= 0.6 is 34.4 Å². The molecule has 6 nitrogen and oxygen atoms in total. The van der Waals surface area contributed by atoms with Crippen LogP contribution in [0.15, 0.2) is 41.3 Å². The quantitative estimate of drug-likeness (QED) is 0.0993. The first-order valence-electron chi connectivity index (χ1n) is 16.5. The largest absolute Gasteiger partial charge is 1.00 e. The Hall–Kier alpha value is -0.344. The molecule has 2 aliphatic rings. The number of rotatable bonds is 7. The summed E-state index contributed by atoms with van der Waals surface area (Å²) < 4.78 is 12.1. The Morgan fingerprint density at radius 2 is 1.19 bits per heavy atom. The van der Waals surface area contributed by atoms with Gasteiger partial charge in [-0.15, -0.1) is 0 Å². The number of hydrogen-bond acceptors (Lipinski definition) is 8. The molecule has 0 fully saturated rings. The molecule has 48 heavy (non-hydrogen) atoms. The van der Waals surface area contributed by atoms with E-state index in [0.29, 0.717) is 24.7 Å². The zero-order valence-corrected chi connectivity index (χ0v) is 37.2. The normalized spacial score (nSPS) is 16.6. The number of carbonyl (C=O) groups is 4. The van der Waals surface area contributed by atoms with Crippen LogP contribution in [0.2, 0.25) is 0 Å². The first-order valence-corrected chi connectivity index (χ1v) is 18.8. The van der Waals surface area contributed by atoms with Crippen molar-refractivity contribution >= 4 is 69.2 Å². The second-order valence-corrected chi connectivity index (χ2v) is 17.3. The number of esters is 2. The van der Waals surface area contributed by atoms with Gasteiger partial charge >= 0.3 is 63.3 Å². The van der Waals surface area contributed by atoms with Crippen LogP contribution < -0.4 is 51.4 Å². The summed E-state index contributed by atoms with van der Waals surface area (Å²) in [6, 6.07) is 13.0. The summed E-state index contributed by atoms with van der Waals surface area (Å²) in [4.78, 5) is 45.3. The van der Waals surface area contributed by atoms with Gasteiger partial charge < -0.3 is 26.9 Å². The van der Waals surface area contributed by atoms with Crippen molar-refractivity contribution in [2.24, 2.45) is 0 Å². The molecule has 0 aromatic heterocycles. The predicted molar refractivity (Wildman–Crippen MR) is 202 cm³/mol. The van der Waals surface area contributed by atoms with Gasteiger partial charge in [0.25, 0.3) is 0 Å². The molecule has 0 N–H and O–H groups in total. The summed E-state index contributed by atoms with van der Waals surface area (Å²) in [7, 11) is 0. The van der Waals surface area contributed by atoms with Gasteiger partial charge in [-0.2, -0.15) is 0 Å². The van der Waals surface area contributed by atoms with E-state index < -0.39 is 5.60 Å². The minimum atomic E-state index is -0.416. The summed E-state index contributed by atoms with van der Waals surface area (Å²) in [6.07, 6.45) is 9.64. The van der Waals surface area contributed by atoms with Crippen LogP contribution in [-0.2, 0) is 54.1 Å². The van der Waals surface area contributed by atoms with E-state index >= 15 is 0 Å². The fourth-order valence-electron chi connectivity index (χ4n) is 5.97. The molecule has 0 unspecified atom stereocenters. The minimum absolute atomic E-state index is 0. The van der Waals surface area contributed by atoms with Gasteiger partial charge in [0.05, 0.1) is 0 Å². The van der Waals surface area contributed by atoms with Crippen molar-refractivity contribution in [1.82, 2.24) is 0 Å². The fraction of sp³-hybridized carbons (Fsp3) is 0.579. The van der Waals surface area contributed by atoms with Gasteiger partial charge in [0.15, 0.2) is 5.12 Å². The number of aryl methyl sites for hydroxylation is 2. The first kappa shape index (κ1) is 45.7. The van der Waals surface area contributed by atoms with Crippen molar-refractivity contribution in [3.05, 3.63) is 62.2 Å². The first-order chi connectivity index (χ1) is 21.8. The molecule has 0 bridgehead atoms. The molecule has 0 spiro atoms. The maximum absolute atomic E-state index is 11.9. The van der Waals surface area contributed by atoms with Gasteiger partial charge in [0, 0.05) is 33.3 Å². The topological polar surface area (TPSA) is 86.7 Å². The Morgan fingerprint density at radius 3 is 1.60 bits per heavy atom. The van der Waals surface area contributed by atoms with Crippen LogP contribution in [0, 0.1) is 3.57 Å². The average Bonchev–Trinajstić information content (AvgIpc) is 2.92. The molecule has 0 saturated carbocycles. The molecule has 260 valence electrons. The maximum Gasteiger partial charge on any atom is 1.00 e. The molecule has 2 aromatic rings. The van der Waals surface area contributed by atoms with Gasteiger partial charge in [-0.3, -0.25) is 14.4 Å². The van der Waals surface area contributed by atoms with Gasteiger partial charge in [0.2, 0.25) is 0 Å². The fourth-order valence-corrected chi connectivity index (χ4v) is 7.20. The van der Waals surface area contributed by atoms with Gasteiger partial charge in [0.1, 0.15) is 11.2 Å². The van der Waals surface area contributed by atoms with E-state index in [1.165, 1.54) is 63.8 Å². The number of hydrogen-bond donors (Lipinski definition) is 0. The molecule has 0 saturated heterocycles. The Morgan fingerprint density at radius 1 is 0.771 bits per heavy atom. The maximum atomic E-state index is 11.9. The van der Waals surface area contributed by atoms with E-state index in [4.69, 9.17) is 9.47 Å². The van der Waals surface area contributed by atoms with Crippen LogP contribution in [0.1, 0.15) is 141 Å². The molecule has 2 aromatic carbocycles. The zero-order chi connectivity index (χ0) is 35.4. The standard InChI is InChI=1S/C19H26O3S.C17H23IO2.C2H4OS.K/c1-13(20)23-16-9-10-17-14(6-5-7-15(17)12-16)8-11-18(21)22-19(2,3)4;1-17(2,3)20-16(19)10-7-12-5-4-6-13-11-14(18)8-9-15(12)13;1-2(3)4;/h9-10,12,14H,5-8,11H2,1-4H3;8-9,11-12H,4-7,10H2,1-3H3;1H3,(H,3,4);/q;;;+1/p-1/t14-;12-;;/m00../s1. The molecule has 0 amide bonds. The summed E-state index contributed by atoms with van der Waals surface area (Å²) in [5, 5.41) is -0.137. The summed E-state index contributed by atoms with van der Waals surface area (Å²) in [5.74, 6) is 0.745. The van der Waals surface area contributed by atoms with E-state index in [1.54, 1.807) is 6.92 Å². The summed E-state index contributed by atoms with van der Waals surface area (Å²) >= 11 is 7.63. The van der Waals surface area contributed by atoms with Crippen LogP contribution in [0.5, 0.6) is 0 Å². The van der Waals surface area contributed by atoms with Crippen molar-refractivity contribution < 1.29 is 80.0 Å². The van der Waals surface area contributed by atoms with E-state index in [0.717, 1.165) is 37.0 Å². The Kier molecular flexibility index (Phi) is 20.8. The average molecular weight is 835 g/mol. The number of benzene rings is 2. The molecule has 10 heteroatoms. The van der Waals surface area contributed by atoms with Crippen LogP contribution in [0.4, 0.5) is 0 Å². The third-order valence-electron chi connectivity index (χ3n) is 7.59. The zero-order valence-electron chi connectivity index (χ0n) is 30.3. The van der Waals surface area contributed by atoms with Crippen LogP contribution in [-0.4, -0.2) is 33.4 Å². The molecular formula is C38H52IKO6S2. The molecule has 4 rings (SSSR count). The van der Waals surface area contributed by atoms with E-state index in [-0.39, 0.29) is 79.2 Å². The number of ether oxygens (including phenoxy) is 2. The van der Waals surface area contributed by atoms with Crippen molar-refractivity contribution in [3.8, 4) is 0 Å². The van der Waals surface area contributed by atoms with Gasteiger partial charge in [-0.05, 0) is 181 Å².